The number of benzene rings is 3. The van der Waals surface area contributed by atoms with Gasteiger partial charge in [-0.2, -0.15) is 10.2 Å². The number of ether oxygens (including phenoxy) is 3. The van der Waals surface area contributed by atoms with Crippen LogP contribution in [0.1, 0.15) is 39.3 Å². The van der Waals surface area contributed by atoms with Crippen LogP contribution in [0.3, 0.4) is 0 Å². The molecule has 44 heavy (non-hydrogen) atoms. The maximum atomic E-state index is 15.5. The van der Waals surface area contributed by atoms with Crippen molar-refractivity contribution < 1.29 is 32.2 Å². The number of carbonyl (C=O) groups is 1. The zero-order valence-corrected chi connectivity index (χ0v) is 23.4. The van der Waals surface area contributed by atoms with Crippen LogP contribution in [0.2, 0.25) is 0 Å². The number of esters is 1. The zero-order valence-electron chi connectivity index (χ0n) is 23.4. The van der Waals surface area contributed by atoms with Gasteiger partial charge in [-0.15, -0.1) is 0 Å². The van der Waals surface area contributed by atoms with Crippen molar-refractivity contribution in [3.05, 3.63) is 106 Å². The van der Waals surface area contributed by atoms with Crippen LogP contribution in [0, 0.1) is 28.8 Å². The number of hydrogen-bond donors (Lipinski definition) is 0. The van der Waals surface area contributed by atoms with Gasteiger partial charge in [0, 0.05) is 35.9 Å². The smallest absolute Gasteiger partial charge is 0.337 e. The molecule has 1 fully saturated rings. The van der Waals surface area contributed by atoms with Crippen LogP contribution in [0.15, 0.2) is 60.8 Å². The monoisotopic (exact) mass is 599 g/mol. The molecule has 6 rings (SSSR count). The van der Waals surface area contributed by atoms with Crippen molar-refractivity contribution in [3.8, 4) is 23.3 Å². The number of methoxy groups -OCH3 is 1. The van der Waals surface area contributed by atoms with E-state index >= 15 is 8.78 Å². The first-order chi connectivity index (χ1) is 21.3. The molecule has 12 heteroatoms. The molecule has 1 aliphatic heterocycles. The van der Waals surface area contributed by atoms with Crippen LogP contribution >= 0.6 is 0 Å². The van der Waals surface area contributed by atoms with Crippen molar-refractivity contribution in [3.63, 3.8) is 0 Å². The zero-order chi connectivity index (χ0) is 30.8. The highest BCUT2D eigenvalue weighted by molar-refractivity contribution is 5.93. The first kappa shape index (κ1) is 28.8. The van der Waals surface area contributed by atoms with E-state index in [2.05, 4.69) is 15.0 Å². The lowest BCUT2D eigenvalue weighted by Gasteiger charge is -2.27. The number of nitriles is 1. The van der Waals surface area contributed by atoms with Crippen molar-refractivity contribution in [2.24, 2.45) is 0 Å². The van der Waals surface area contributed by atoms with Crippen LogP contribution < -0.4 is 4.74 Å². The Bertz CT molecular complexity index is 1910. The third-order valence-electron chi connectivity index (χ3n) is 7.37. The molecule has 3 heterocycles. The van der Waals surface area contributed by atoms with E-state index in [1.165, 1.54) is 43.6 Å². The summed E-state index contributed by atoms with van der Waals surface area (Å²) >= 11 is 0. The summed E-state index contributed by atoms with van der Waals surface area (Å²) in [7, 11) is 1.29. The Hall–Kier alpha value is -5.28. The van der Waals surface area contributed by atoms with Gasteiger partial charge in [-0.1, -0.05) is 6.07 Å². The van der Waals surface area contributed by atoms with Gasteiger partial charge >= 0.3 is 12.0 Å². The van der Waals surface area contributed by atoms with Gasteiger partial charge in [0.1, 0.15) is 29.9 Å². The van der Waals surface area contributed by atoms with E-state index in [1.54, 1.807) is 18.2 Å². The van der Waals surface area contributed by atoms with Gasteiger partial charge in [0.15, 0.2) is 0 Å². The van der Waals surface area contributed by atoms with Gasteiger partial charge < -0.3 is 18.8 Å². The number of hydrogen-bond acceptors (Lipinski definition) is 8. The lowest BCUT2D eigenvalue weighted by molar-refractivity contribution is -0.0589. The van der Waals surface area contributed by atoms with Crippen LogP contribution in [-0.4, -0.2) is 45.3 Å². The maximum absolute atomic E-state index is 15.5. The van der Waals surface area contributed by atoms with Crippen LogP contribution in [0.5, 0.6) is 6.01 Å². The SMILES string of the molecule is COC(=O)c1ccc2nc(Cc3c(F)cc(-c4ccnc(OCc5ccc(C#N)cc5F)n4)cc3F)n(C[C@@H]3CCO3)c2c1. The fourth-order valence-corrected chi connectivity index (χ4v) is 4.91. The van der Waals surface area contributed by atoms with Gasteiger partial charge in [0.25, 0.3) is 0 Å². The Kier molecular flexibility index (Phi) is 7.95. The molecule has 0 amide bonds. The molecule has 0 spiro atoms. The molecule has 0 aliphatic carbocycles. The molecule has 0 bridgehead atoms. The maximum Gasteiger partial charge on any atom is 0.337 e. The van der Waals surface area contributed by atoms with Crippen molar-refractivity contribution in [1.29, 1.82) is 5.26 Å². The second kappa shape index (κ2) is 12.1. The van der Waals surface area contributed by atoms with Crippen LogP contribution in [-0.2, 0) is 29.0 Å². The van der Waals surface area contributed by atoms with E-state index in [-0.39, 0.29) is 53.1 Å². The number of fused-ring (bicyclic) bond motifs is 1. The first-order valence-electron chi connectivity index (χ1n) is 13.6. The number of carbonyl (C=O) groups excluding carboxylic acids is 1. The number of imidazole rings is 1. The average Bonchev–Trinajstić information content (AvgIpc) is 3.35. The summed E-state index contributed by atoms with van der Waals surface area (Å²) in [5, 5.41) is 8.90. The van der Waals surface area contributed by atoms with Crippen molar-refractivity contribution >= 4 is 17.0 Å². The molecule has 1 saturated heterocycles. The van der Waals surface area contributed by atoms with E-state index < -0.39 is 23.4 Å². The predicted octanol–water partition coefficient (Wildman–Crippen LogP) is 5.53. The highest BCUT2D eigenvalue weighted by Gasteiger charge is 2.24. The van der Waals surface area contributed by atoms with Crippen molar-refractivity contribution in [2.75, 3.05) is 13.7 Å². The van der Waals surface area contributed by atoms with Gasteiger partial charge in [-0.25, -0.2) is 27.9 Å². The second-order valence-electron chi connectivity index (χ2n) is 10.1. The van der Waals surface area contributed by atoms with E-state index in [1.807, 2.05) is 10.6 Å². The molecule has 3 aromatic carbocycles. The molecule has 222 valence electrons. The van der Waals surface area contributed by atoms with E-state index in [4.69, 9.17) is 19.5 Å². The summed E-state index contributed by atoms with van der Waals surface area (Å²) in [6, 6.07) is 14.4. The molecule has 5 aromatic rings. The largest absolute Gasteiger partial charge is 0.465 e. The molecular formula is C32H24F3N5O4. The first-order valence-corrected chi connectivity index (χ1v) is 13.6. The van der Waals surface area contributed by atoms with Crippen molar-refractivity contribution in [2.45, 2.75) is 32.1 Å². The highest BCUT2D eigenvalue weighted by Crippen LogP contribution is 2.28. The molecular weight excluding hydrogens is 575 g/mol. The Morgan fingerprint density at radius 2 is 1.86 bits per heavy atom. The number of aromatic nitrogens is 4. The summed E-state index contributed by atoms with van der Waals surface area (Å²) in [6.45, 7) is 0.831. The number of rotatable bonds is 9. The Labute approximate surface area is 249 Å². The Morgan fingerprint density at radius 1 is 1.07 bits per heavy atom. The molecule has 2 aromatic heterocycles. The molecule has 0 saturated carbocycles. The Morgan fingerprint density at radius 3 is 2.55 bits per heavy atom. The number of halogens is 3. The second-order valence-corrected chi connectivity index (χ2v) is 10.1. The van der Waals surface area contributed by atoms with Gasteiger partial charge in [-0.3, -0.25) is 0 Å². The van der Waals surface area contributed by atoms with E-state index in [9.17, 15) is 9.18 Å². The molecule has 1 atom stereocenters. The number of nitrogens with zero attached hydrogens (tertiary/aromatic N) is 5. The molecule has 1 aliphatic rings. The van der Waals surface area contributed by atoms with Gasteiger partial charge in [0.2, 0.25) is 0 Å². The quantitative estimate of drug-likeness (QED) is 0.204. The lowest BCUT2D eigenvalue weighted by atomic mass is 10.0. The molecule has 0 unspecified atom stereocenters. The fourth-order valence-electron chi connectivity index (χ4n) is 4.91. The summed E-state index contributed by atoms with van der Waals surface area (Å²) in [5.41, 5.74) is 2.06. The summed E-state index contributed by atoms with van der Waals surface area (Å²) in [5.74, 6) is -2.30. The minimum Gasteiger partial charge on any atom is -0.465 e. The summed E-state index contributed by atoms with van der Waals surface area (Å²) in [6.07, 6.45) is 1.97. The standard InChI is InChI=1S/C32H24F3N5O4/c1-42-31(41)19-4-5-28-29(13-19)40(16-22-7-9-43-22)30(38-28)14-23-25(34)11-21(12-26(23)35)27-6-8-37-32(39-27)44-17-20-3-2-18(15-36)10-24(20)33/h2-6,8,10-13,22H,7,9,14,16-17H2,1H3/t22-/m0/s1. The van der Waals surface area contributed by atoms with E-state index in [0.29, 0.717) is 35.6 Å². The summed E-state index contributed by atoms with van der Waals surface area (Å²) in [4.78, 5) is 25.0. The van der Waals surface area contributed by atoms with Crippen LogP contribution in [0.4, 0.5) is 13.2 Å². The normalized spacial score (nSPS) is 14.2. The average molecular weight is 600 g/mol. The minimum absolute atomic E-state index is 0.0763. The van der Waals surface area contributed by atoms with Crippen molar-refractivity contribution in [1.82, 2.24) is 19.5 Å². The third-order valence-corrected chi connectivity index (χ3v) is 7.37. The third kappa shape index (κ3) is 5.82. The van der Waals surface area contributed by atoms with Crippen LogP contribution in [0.25, 0.3) is 22.3 Å². The van der Waals surface area contributed by atoms with E-state index in [0.717, 1.165) is 12.5 Å². The fraction of sp³-hybridized carbons (Fsp3) is 0.219. The Balaban J connectivity index is 1.26. The molecule has 0 N–H and O–H groups in total. The summed E-state index contributed by atoms with van der Waals surface area (Å²) < 4.78 is 63.0. The molecule has 0 radical (unpaired) electrons. The molecule has 9 nitrogen and oxygen atoms in total. The van der Waals surface area contributed by atoms with Gasteiger partial charge in [-0.05, 0) is 55.0 Å². The van der Waals surface area contributed by atoms with Gasteiger partial charge in [0.05, 0.1) is 53.7 Å². The minimum atomic E-state index is -0.797. The topological polar surface area (TPSA) is 112 Å². The lowest BCUT2D eigenvalue weighted by Crippen LogP contribution is -2.31. The highest BCUT2D eigenvalue weighted by atomic mass is 19.1. The predicted molar refractivity (Wildman–Crippen MR) is 151 cm³/mol.